The number of aromatic nitrogens is 2. The van der Waals surface area contributed by atoms with Gasteiger partial charge in [0.25, 0.3) is 11.7 Å². The molecule has 2 aliphatic rings. The van der Waals surface area contributed by atoms with Gasteiger partial charge < -0.3 is 33.5 Å². The molecule has 1 N–H and O–H groups in total. The van der Waals surface area contributed by atoms with Gasteiger partial charge >= 0.3 is 0 Å². The lowest BCUT2D eigenvalue weighted by Crippen LogP contribution is -2.31. The summed E-state index contributed by atoms with van der Waals surface area (Å²) in [7, 11) is 3.01. The maximum Gasteiger partial charge on any atom is 0.295 e. The molecule has 0 saturated carbocycles. The van der Waals surface area contributed by atoms with Crippen LogP contribution >= 0.6 is 0 Å². The standard InChI is InChI=1S/C26H25N3O7/c1-33-18-6-3-5-16(11-18)23(30)21-22(17-12-19(34-2)25-20(13-17)35-15-36-25)29(26(32)24(21)31)9-4-8-28-10-7-27-14-28/h3,5-7,10-14,22,30H,4,8-9,15H2,1-2H3/t22-/m1/s1. The summed E-state index contributed by atoms with van der Waals surface area (Å²) in [6.07, 6.45) is 5.77. The van der Waals surface area contributed by atoms with E-state index in [1.165, 1.54) is 19.1 Å². The highest BCUT2D eigenvalue weighted by molar-refractivity contribution is 6.46. The summed E-state index contributed by atoms with van der Waals surface area (Å²) in [6, 6.07) is 9.25. The average molecular weight is 492 g/mol. The third kappa shape index (κ3) is 4.10. The van der Waals surface area contributed by atoms with Gasteiger partial charge in [-0.05, 0) is 36.2 Å². The Bertz CT molecular complexity index is 1330. The number of rotatable bonds is 8. The first kappa shape index (κ1) is 23.3. The van der Waals surface area contributed by atoms with Gasteiger partial charge in [-0.3, -0.25) is 9.59 Å². The average Bonchev–Trinajstić information content (AvgIpc) is 3.65. The Morgan fingerprint density at radius 3 is 2.75 bits per heavy atom. The summed E-state index contributed by atoms with van der Waals surface area (Å²) in [5.74, 6) is 0.0680. The molecule has 0 unspecified atom stereocenters. The van der Waals surface area contributed by atoms with Crippen molar-refractivity contribution in [1.29, 1.82) is 0 Å². The van der Waals surface area contributed by atoms with Gasteiger partial charge in [0.1, 0.15) is 11.5 Å². The number of hydrogen-bond donors (Lipinski definition) is 1. The monoisotopic (exact) mass is 491 g/mol. The number of ketones is 1. The molecule has 0 radical (unpaired) electrons. The number of aliphatic hydroxyl groups excluding tert-OH is 1. The molecule has 3 heterocycles. The number of ether oxygens (including phenoxy) is 4. The Kier molecular flexibility index (Phi) is 6.24. The second-order valence-electron chi connectivity index (χ2n) is 8.34. The number of imidazole rings is 1. The molecule has 36 heavy (non-hydrogen) atoms. The molecule has 1 fully saturated rings. The minimum atomic E-state index is -0.859. The summed E-state index contributed by atoms with van der Waals surface area (Å²) in [4.78, 5) is 32.1. The number of carbonyl (C=O) groups is 2. The topological polar surface area (TPSA) is 112 Å². The van der Waals surface area contributed by atoms with Crippen LogP contribution in [0, 0.1) is 0 Å². The molecular formula is C26H25N3O7. The summed E-state index contributed by atoms with van der Waals surface area (Å²) in [5.41, 5.74) is 0.905. The fraction of sp³-hybridized carbons (Fsp3) is 0.269. The van der Waals surface area contributed by atoms with Crippen molar-refractivity contribution in [2.75, 3.05) is 27.6 Å². The number of fused-ring (bicyclic) bond motifs is 1. The number of methoxy groups -OCH3 is 2. The van der Waals surface area contributed by atoms with Crippen LogP contribution in [0.4, 0.5) is 0 Å². The smallest absolute Gasteiger partial charge is 0.295 e. The lowest BCUT2D eigenvalue weighted by Gasteiger charge is -2.26. The molecule has 2 aromatic carbocycles. The lowest BCUT2D eigenvalue weighted by atomic mass is 9.94. The van der Waals surface area contributed by atoms with E-state index >= 15 is 0 Å². The fourth-order valence-electron chi connectivity index (χ4n) is 4.53. The van der Waals surface area contributed by atoms with Gasteiger partial charge in [-0.2, -0.15) is 0 Å². The Hall–Kier alpha value is -4.47. The molecule has 10 heteroatoms. The molecule has 1 amide bonds. The Morgan fingerprint density at radius 1 is 1.14 bits per heavy atom. The van der Waals surface area contributed by atoms with Gasteiger partial charge in [-0.25, -0.2) is 4.98 Å². The van der Waals surface area contributed by atoms with Crippen LogP contribution in [0.15, 0.2) is 60.7 Å². The minimum Gasteiger partial charge on any atom is -0.507 e. The van der Waals surface area contributed by atoms with Gasteiger partial charge in [0.05, 0.1) is 32.2 Å². The van der Waals surface area contributed by atoms with Crippen LogP contribution in [0.25, 0.3) is 5.76 Å². The first-order chi connectivity index (χ1) is 17.5. The molecule has 2 aliphatic heterocycles. The molecule has 0 spiro atoms. The van der Waals surface area contributed by atoms with Crippen LogP contribution in [-0.2, 0) is 16.1 Å². The first-order valence-corrected chi connectivity index (χ1v) is 11.4. The van der Waals surface area contributed by atoms with E-state index in [-0.39, 0.29) is 24.7 Å². The van der Waals surface area contributed by atoms with E-state index in [2.05, 4.69) is 4.98 Å². The fourth-order valence-corrected chi connectivity index (χ4v) is 4.53. The molecule has 5 rings (SSSR count). The van der Waals surface area contributed by atoms with Gasteiger partial charge in [-0.1, -0.05) is 12.1 Å². The van der Waals surface area contributed by atoms with Gasteiger partial charge in [-0.15, -0.1) is 0 Å². The first-order valence-electron chi connectivity index (χ1n) is 11.4. The predicted molar refractivity (Wildman–Crippen MR) is 128 cm³/mol. The van der Waals surface area contributed by atoms with Crippen molar-refractivity contribution in [2.24, 2.45) is 0 Å². The largest absolute Gasteiger partial charge is 0.507 e. The van der Waals surface area contributed by atoms with Crippen LogP contribution < -0.4 is 18.9 Å². The maximum atomic E-state index is 13.3. The second-order valence-corrected chi connectivity index (χ2v) is 8.34. The third-order valence-corrected chi connectivity index (χ3v) is 6.25. The zero-order chi connectivity index (χ0) is 25.2. The molecule has 3 aromatic rings. The number of aryl methyl sites for hydroxylation is 1. The molecule has 10 nitrogen and oxygen atoms in total. The number of amides is 1. The zero-order valence-electron chi connectivity index (χ0n) is 19.8. The Balaban J connectivity index is 1.60. The van der Waals surface area contributed by atoms with Crippen LogP contribution in [0.1, 0.15) is 23.6 Å². The third-order valence-electron chi connectivity index (χ3n) is 6.25. The van der Waals surface area contributed by atoms with E-state index in [1.807, 2.05) is 10.8 Å². The van der Waals surface area contributed by atoms with E-state index in [9.17, 15) is 14.7 Å². The van der Waals surface area contributed by atoms with Crippen molar-refractivity contribution in [3.8, 4) is 23.0 Å². The van der Waals surface area contributed by atoms with Crippen LogP contribution in [-0.4, -0.2) is 58.8 Å². The molecule has 0 aliphatic carbocycles. The SMILES string of the molecule is COc1cccc(C(O)=C2C(=O)C(=O)N(CCCn3ccnc3)[C@@H]2c2cc(OC)c3c(c2)OCO3)c1. The number of carbonyl (C=O) groups excluding carboxylic acids is 2. The van der Waals surface area contributed by atoms with Crippen molar-refractivity contribution in [2.45, 2.75) is 19.0 Å². The summed E-state index contributed by atoms with van der Waals surface area (Å²) >= 11 is 0. The molecule has 1 saturated heterocycles. The molecular weight excluding hydrogens is 466 g/mol. The normalized spacial score (nSPS) is 18.1. The Labute approximate surface area is 207 Å². The van der Waals surface area contributed by atoms with E-state index in [0.29, 0.717) is 47.1 Å². The van der Waals surface area contributed by atoms with E-state index in [1.54, 1.807) is 48.9 Å². The molecule has 186 valence electrons. The van der Waals surface area contributed by atoms with Gasteiger partial charge in [0, 0.05) is 31.0 Å². The van der Waals surface area contributed by atoms with E-state index in [4.69, 9.17) is 18.9 Å². The number of benzene rings is 2. The number of nitrogens with zero attached hydrogens (tertiary/aromatic N) is 3. The highest BCUT2D eigenvalue weighted by atomic mass is 16.7. The van der Waals surface area contributed by atoms with Crippen molar-refractivity contribution in [3.05, 3.63) is 71.8 Å². The number of Topliss-reactive ketones (excluding diaryl/α,β-unsaturated/α-hetero) is 1. The summed E-state index contributed by atoms with van der Waals surface area (Å²) < 4.78 is 23.7. The van der Waals surface area contributed by atoms with Crippen molar-refractivity contribution < 1.29 is 33.6 Å². The van der Waals surface area contributed by atoms with Crippen molar-refractivity contribution >= 4 is 17.4 Å². The predicted octanol–water partition coefficient (Wildman–Crippen LogP) is 3.14. The van der Waals surface area contributed by atoms with Crippen LogP contribution in [0.2, 0.25) is 0 Å². The molecule has 1 aromatic heterocycles. The quantitative estimate of drug-likeness (QED) is 0.291. The van der Waals surface area contributed by atoms with Gasteiger partial charge in [0.15, 0.2) is 11.5 Å². The Morgan fingerprint density at radius 2 is 2.00 bits per heavy atom. The van der Waals surface area contributed by atoms with Crippen molar-refractivity contribution in [1.82, 2.24) is 14.5 Å². The highest BCUT2D eigenvalue weighted by Gasteiger charge is 2.46. The number of likely N-dealkylation sites (tertiary alicyclic amines) is 1. The minimum absolute atomic E-state index is 0.0168. The second kappa shape index (κ2) is 9.65. The zero-order valence-corrected chi connectivity index (χ0v) is 19.8. The number of aliphatic hydroxyl groups is 1. The van der Waals surface area contributed by atoms with Crippen molar-refractivity contribution in [3.63, 3.8) is 0 Å². The van der Waals surface area contributed by atoms with E-state index < -0.39 is 17.7 Å². The van der Waals surface area contributed by atoms with Crippen LogP contribution in [0.5, 0.6) is 23.0 Å². The van der Waals surface area contributed by atoms with Gasteiger partial charge in [0.2, 0.25) is 12.5 Å². The van der Waals surface area contributed by atoms with E-state index in [0.717, 1.165) is 0 Å². The maximum absolute atomic E-state index is 13.3. The number of hydrogen-bond acceptors (Lipinski definition) is 8. The summed E-state index contributed by atoms with van der Waals surface area (Å²) in [5, 5.41) is 11.3. The highest BCUT2D eigenvalue weighted by Crippen LogP contribution is 2.47. The molecule has 1 atom stereocenters. The lowest BCUT2D eigenvalue weighted by molar-refractivity contribution is -0.139. The van der Waals surface area contributed by atoms with Crippen LogP contribution in [0.3, 0.4) is 0 Å². The summed E-state index contributed by atoms with van der Waals surface area (Å²) in [6.45, 7) is 0.916. The molecule has 0 bridgehead atoms.